The summed E-state index contributed by atoms with van der Waals surface area (Å²) in [5.41, 5.74) is 2.47. The van der Waals surface area contributed by atoms with Gasteiger partial charge in [0.25, 0.3) is 0 Å². The van der Waals surface area contributed by atoms with Crippen molar-refractivity contribution >= 4 is 11.7 Å². The number of carbonyl (C=O) groups excluding carboxylic acids is 1. The van der Waals surface area contributed by atoms with Crippen LogP contribution in [0.25, 0.3) is 0 Å². The van der Waals surface area contributed by atoms with Crippen molar-refractivity contribution in [3.05, 3.63) is 84.1 Å². The maximum absolute atomic E-state index is 12.5. The van der Waals surface area contributed by atoms with Gasteiger partial charge in [-0.15, -0.1) is 0 Å². The van der Waals surface area contributed by atoms with E-state index >= 15 is 0 Å². The summed E-state index contributed by atoms with van der Waals surface area (Å²) in [7, 11) is 0. The minimum atomic E-state index is -0.289. The molecule has 0 bridgehead atoms. The van der Waals surface area contributed by atoms with Crippen molar-refractivity contribution in [3.63, 3.8) is 0 Å². The standard InChI is InChI=1S/C25H27N3O3/c29-25(27-17-19-10-8-16-26-24(19)31-22-13-5-6-14-22)28-23-15-7-4-9-20(23)18-30-21-11-2-1-3-12-21/h1-4,7-12,15-16,22H,5-6,13-14,17-18H2,(H2,27,28,29). The van der Waals surface area contributed by atoms with Crippen molar-refractivity contribution in [2.45, 2.75) is 44.9 Å². The number of anilines is 1. The lowest BCUT2D eigenvalue weighted by molar-refractivity contribution is 0.199. The minimum absolute atomic E-state index is 0.221. The van der Waals surface area contributed by atoms with E-state index in [2.05, 4.69) is 15.6 Å². The third-order valence-corrected chi connectivity index (χ3v) is 5.27. The number of nitrogens with one attached hydrogen (secondary N) is 2. The van der Waals surface area contributed by atoms with Crippen LogP contribution in [0.4, 0.5) is 10.5 Å². The Labute approximate surface area is 182 Å². The van der Waals surface area contributed by atoms with Crippen LogP contribution < -0.4 is 20.1 Å². The van der Waals surface area contributed by atoms with Gasteiger partial charge in [0.1, 0.15) is 18.5 Å². The van der Waals surface area contributed by atoms with Crippen LogP contribution in [0.5, 0.6) is 11.6 Å². The summed E-state index contributed by atoms with van der Waals surface area (Å²) in [6.45, 7) is 0.701. The lowest BCUT2D eigenvalue weighted by Crippen LogP contribution is -2.29. The first-order valence-corrected chi connectivity index (χ1v) is 10.7. The molecule has 2 amide bonds. The number of hydrogen-bond donors (Lipinski definition) is 2. The number of aromatic nitrogens is 1. The molecule has 0 aliphatic heterocycles. The van der Waals surface area contributed by atoms with Gasteiger partial charge < -0.3 is 20.1 Å². The third kappa shape index (κ3) is 5.98. The van der Waals surface area contributed by atoms with E-state index in [1.807, 2.05) is 66.7 Å². The molecule has 31 heavy (non-hydrogen) atoms. The van der Waals surface area contributed by atoms with E-state index in [0.29, 0.717) is 24.7 Å². The maximum atomic E-state index is 12.5. The summed E-state index contributed by atoms with van der Waals surface area (Å²) in [6.07, 6.45) is 6.45. The van der Waals surface area contributed by atoms with Crippen LogP contribution in [-0.4, -0.2) is 17.1 Å². The molecule has 1 aromatic heterocycles. The van der Waals surface area contributed by atoms with Gasteiger partial charge >= 0.3 is 6.03 Å². The fourth-order valence-corrected chi connectivity index (χ4v) is 3.62. The average Bonchev–Trinajstić information content (AvgIpc) is 3.32. The van der Waals surface area contributed by atoms with Crippen LogP contribution in [0.3, 0.4) is 0 Å². The molecule has 3 aromatic rings. The minimum Gasteiger partial charge on any atom is -0.489 e. The van der Waals surface area contributed by atoms with Crippen molar-refractivity contribution in [2.24, 2.45) is 0 Å². The van der Waals surface area contributed by atoms with E-state index in [1.54, 1.807) is 6.20 Å². The highest BCUT2D eigenvalue weighted by Gasteiger charge is 2.18. The van der Waals surface area contributed by atoms with Gasteiger partial charge in [-0.3, -0.25) is 0 Å². The highest BCUT2D eigenvalue weighted by molar-refractivity contribution is 5.90. The summed E-state index contributed by atoms with van der Waals surface area (Å²) < 4.78 is 11.9. The summed E-state index contributed by atoms with van der Waals surface area (Å²) >= 11 is 0. The molecule has 0 saturated heterocycles. The second-order valence-corrected chi connectivity index (χ2v) is 7.56. The first kappa shape index (κ1) is 20.7. The van der Waals surface area contributed by atoms with Crippen LogP contribution in [0, 0.1) is 0 Å². The Morgan fingerprint density at radius 3 is 2.52 bits per heavy atom. The van der Waals surface area contributed by atoms with Gasteiger partial charge in [-0.2, -0.15) is 0 Å². The molecule has 2 aromatic carbocycles. The number of benzene rings is 2. The number of rotatable bonds is 8. The number of carbonyl (C=O) groups is 1. The van der Waals surface area contributed by atoms with Gasteiger partial charge in [0.2, 0.25) is 5.88 Å². The molecular formula is C25H27N3O3. The highest BCUT2D eigenvalue weighted by Crippen LogP contribution is 2.25. The van der Waals surface area contributed by atoms with E-state index in [0.717, 1.165) is 29.7 Å². The quantitative estimate of drug-likeness (QED) is 0.521. The summed E-state index contributed by atoms with van der Waals surface area (Å²) in [4.78, 5) is 16.9. The zero-order valence-corrected chi connectivity index (χ0v) is 17.4. The first-order valence-electron chi connectivity index (χ1n) is 10.7. The molecule has 0 spiro atoms. The predicted octanol–water partition coefficient (Wildman–Crippen LogP) is 5.30. The van der Waals surface area contributed by atoms with Crippen LogP contribution in [0.15, 0.2) is 72.9 Å². The second kappa shape index (κ2) is 10.5. The van der Waals surface area contributed by atoms with Crippen LogP contribution in [0.1, 0.15) is 36.8 Å². The van der Waals surface area contributed by atoms with Crippen LogP contribution >= 0.6 is 0 Å². The van der Waals surface area contributed by atoms with E-state index in [1.165, 1.54) is 12.8 Å². The largest absolute Gasteiger partial charge is 0.489 e. The number of para-hydroxylation sites is 2. The molecule has 1 heterocycles. The molecule has 0 atom stereocenters. The Hall–Kier alpha value is -3.54. The maximum Gasteiger partial charge on any atom is 0.319 e. The number of pyridine rings is 1. The fourth-order valence-electron chi connectivity index (χ4n) is 3.62. The SMILES string of the molecule is O=C(NCc1cccnc1OC1CCCC1)Nc1ccccc1COc1ccccc1. The van der Waals surface area contributed by atoms with Gasteiger partial charge in [-0.1, -0.05) is 42.5 Å². The molecule has 1 aliphatic rings. The number of amides is 2. The van der Waals surface area contributed by atoms with Crippen molar-refractivity contribution < 1.29 is 14.3 Å². The fraction of sp³-hybridized carbons (Fsp3) is 0.280. The molecule has 1 fully saturated rings. The smallest absolute Gasteiger partial charge is 0.319 e. The molecule has 0 radical (unpaired) electrons. The van der Waals surface area contributed by atoms with Crippen molar-refractivity contribution in [2.75, 3.05) is 5.32 Å². The molecule has 1 aliphatic carbocycles. The van der Waals surface area contributed by atoms with Gasteiger partial charge in [-0.05, 0) is 49.9 Å². The predicted molar refractivity (Wildman–Crippen MR) is 120 cm³/mol. The summed E-state index contributed by atoms with van der Waals surface area (Å²) in [5, 5.41) is 5.82. The zero-order chi connectivity index (χ0) is 21.3. The molecule has 160 valence electrons. The molecule has 6 heteroatoms. The van der Waals surface area contributed by atoms with Gasteiger partial charge in [0.15, 0.2) is 0 Å². The highest BCUT2D eigenvalue weighted by atomic mass is 16.5. The Bertz CT molecular complexity index is 988. The first-order chi connectivity index (χ1) is 15.3. The number of hydrogen-bond acceptors (Lipinski definition) is 4. The van der Waals surface area contributed by atoms with Crippen LogP contribution in [0.2, 0.25) is 0 Å². The molecule has 6 nitrogen and oxygen atoms in total. The van der Waals surface area contributed by atoms with Crippen molar-refractivity contribution in [3.8, 4) is 11.6 Å². The summed E-state index contributed by atoms with van der Waals surface area (Å²) in [5.74, 6) is 1.39. The average molecular weight is 418 g/mol. The monoisotopic (exact) mass is 417 g/mol. The topological polar surface area (TPSA) is 72.5 Å². The summed E-state index contributed by atoms with van der Waals surface area (Å²) in [6, 6.07) is 20.7. The molecule has 2 N–H and O–H groups in total. The lowest BCUT2D eigenvalue weighted by atomic mass is 10.2. The van der Waals surface area contributed by atoms with Gasteiger partial charge in [0.05, 0.1) is 0 Å². The van der Waals surface area contributed by atoms with E-state index in [-0.39, 0.29) is 12.1 Å². The molecule has 0 unspecified atom stereocenters. The van der Waals surface area contributed by atoms with E-state index < -0.39 is 0 Å². The Balaban J connectivity index is 1.33. The van der Waals surface area contributed by atoms with E-state index in [4.69, 9.17) is 9.47 Å². The van der Waals surface area contributed by atoms with Crippen molar-refractivity contribution in [1.29, 1.82) is 0 Å². The second-order valence-electron chi connectivity index (χ2n) is 7.56. The number of ether oxygens (including phenoxy) is 2. The normalized spacial score (nSPS) is 13.5. The van der Waals surface area contributed by atoms with Gasteiger partial charge in [0, 0.05) is 29.6 Å². The molecule has 1 saturated carbocycles. The molecule has 4 rings (SSSR count). The van der Waals surface area contributed by atoms with Crippen LogP contribution in [-0.2, 0) is 13.2 Å². The Morgan fingerprint density at radius 1 is 0.935 bits per heavy atom. The Kier molecular flexibility index (Phi) is 7.00. The lowest BCUT2D eigenvalue weighted by Gasteiger charge is -2.16. The van der Waals surface area contributed by atoms with Crippen molar-refractivity contribution in [1.82, 2.24) is 10.3 Å². The number of urea groups is 1. The molecular weight excluding hydrogens is 390 g/mol. The Morgan fingerprint density at radius 2 is 1.68 bits per heavy atom. The van der Waals surface area contributed by atoms with E-state index in [9.17, 15) is 4.79 Å². The van der Waals surface area contributed by atoms with Gasteiger partial charge in [-0.25, -0.2) is 9.78 Å². The zero-order valence-electron chi connectivity index (χ0n) is 17.4. The third-order valence-electron chi connectivity index (χ3n) is 5.27. The number of nitrogens with zero attached hydrogens (tertiary/aromatic N) is 1.